The molecule has 6 heteroatoms. The molecule has 1 aromatic rings. The van der Waals surface area contributed by atoms with Crippen LogP contribution in [0.25, 0.3) is 0 Å². The predicted molar refractivity (Wildman–Crippen MR) is 54.7 cm³/mol. The molecule has 0 fully saturated rings. The summed E-state index contributed by atoms with van der Waals surface area (Å²) in [7, 11) is 0. The first-order valence-electron chi connectivity index (χ1n) is 5.02. The largest absolute Gasteiger partial charge is 0.481 e. The quantitative estimate of drug-likeness (QED) is 0.765. The van der Waals surface area contributed by atoms with Crippen LogP contribution in [0.4, 0.5) is 0 Å². The Balaban J connectivity index is 2.46. The van der Waals surface area contributed by atoms with Crippen LogP contribution in [0, 0.1) is 0 Å². The van der Waals surface area contributed by atoms with E-state index >= 15 is 0 Å². The van der Waals surface area contributed by atoms with Crippen LogP contribution in [0.2, 0.25) is 0 Å². The van der Waals surface area contributed by atoms with Crippen molar-refractivity contribution in [2.45, 2.75) is 19.8 Å². The minimum Gasteiger partial charge on any atom is -0.481 e. The normalized spacial score (nSPS) is 10.1. The molecule has 16 heavy (non-hydrogen) atoms. The second-order valence-corrected chi connectivity index (χ2v) is 3.28. The Labute approximate surface area is 92.8 Å². The summed E-state index contributed by atoms with van der Waals surface area (Å²) in [5, 5.41) is 12.2. The average Bonchev–Trinajstić information content (AvgIpc) is 2.71. The van der Waals surface area contributed by atoms with Gasteiger partial charge in [-0.25, -0.2) is 0 Å². The lowest BCUT2D eigenvalue weighted by atomic mass is 10.2. The van der Waals surface area contributed by atoms with Gasteiger partial charge >= 0.3 is 5.97 Å². The Bertz CT molecular complexity index is 348. The highest BCUT2D eigenvalue weighted by atomic mass is 16.5. The molecule has 0 saturated heterocycles. The van der Waals surface area contributed by atoms with E-state index < -0.39 is 5.97 Å². The van der Waals surface area contributed by atoms with E-state index in [2.05, 4.69) is 9.68 Å². The van der Waals surface area contributed by atoms with Crippen LogP contribution in [0.3, 0.4) is 0 Å². The minimum atomic E-state index is -0.910. The predicted octanol–water partition coefficient (Wildman–Crippen LogP) is 0.540. The molecule has 0 radical (unpaired) electrons. The number of amides is 1. The summed E-state index contributed by atoms with van der Waals surface area (Å²) < 4.78 is 4.61. The van der Waals surface area contributed by atoms with Gasteiger partial charge in [-0.05, 0) is 6.92 Å². The molecule has 1 amide bonds. The maximum absolute atomic E-state index is 11.7. The van der Waals surface area contributed by atoms with Crippen LogP contribution in [-0.2, 0) is 16.0 Å². The van der Waals surface area contributed by atoms with E-state index in [4.69, 9.17) is 5.11 Å². The van der Waals surface area contributed by atoms with E-state index in [-0.39, 0.29) is 25.3 Å². The van der Waals surface area contributed by atoms with Crippen molar-refractivity contribution in [3.63, 3.8) is 0 Å². The number of rotatable bonds is 6. The zero-order chi connectivity index (χ0) is 12.0. The first kappa shape index (κ1) is 12.2. The summed E-state index contributed by atoms with van der Waals surface area (Å²) in [6.45, 7) is 2.52. The van der Waals surface area contributed by atoms with Gasteiger partial charge in [0.15, 0.2) is 0 Å². The van der Waals surface area contributed by atoms with Crippen LogP contribution in [0.1, 0.15) is 19.0 Å². The molecule has 0 aromatic carbocycles. The lowest BCUT2D eigenvalue weighted by Crippen LogP contribution is -2.34. The fraction of sp³-hybridized carbons (Fsp3) is 0.500. The van der Waals surface area contributed by atoms with Crippen molar-refractivity contribution in [3.05, 3.63) is 18.0 Å². The Morgan fingerprint density at radius 3 is 2.81 bits per heavy atom. The number of aliphatic carboxylic acids is 1. The van der Waals surface area contributed by atoms with Gasteiger partial charge in [0, 0.05) is 19.2 Å². The smallest absolute Gasteiger partial charge is 0.305 e. The van der Waals surface area contributed by atoms with Crippen molar-refractivity contribution in [2.24, 2.45) is 0 Å². The number of carbonyl (C=O) groups excluding carboxylic acids is 1. The van der Waals surface area contributed by atoms with E-state index in [9.17, 15) is 9.59 Å². The number of carboxylic acid groups (broad SMARTS) is 1. The summed E-state index contributed by atoms with van der Waals surface area (Å²) >= 11 is 0. The molecule has 0 bridgehead atoms. The van der Waals surface area contributed by atoms with E-state index in [1.807, 2.05) is 6.92 Å². The molecule has 6 nitrogen and oxygen atoms in total. The number of aromatic nitrogens is 1. The number of hydrogen-bond acceptors (Lipinski definition) is 4. The first-order chi connectivity index (χ1) is 7.63. The van der Waals surface area contributed by atoms with Crippen molar-refractivity contribution in [1.82, 2.24) is 10.1 Å². The second-order valence-electron chi connectivity index (χ2n) is 3.28. The Morgan fingerprint density at radius 1 is 1.56 bits per heavy atom. The Morgan fingerprint density at radius 2 is 2.31 bits per heavy atom. The molecule has 0 spiro atoms. The van der Waals surface area contributed by atoms with Crippen molar-refractivity contribution in [2.75, 3.05) is 13.1 Å². The van der Waals surface area contributed by atoms with Gasteiger partial charge in [-0.1, -0.05) is 5.16 Å². The third-order valence-electron chi connectivity index (χ3n) is 2.15. The Hall–Kier alpha value is -1.85. The standard InChI is InChI=1S/C10H14N2O4/c1-2-12(5-3-10(14)15)9(13)7-8-4-6-16-11-8/h4,6H,2-3,5,7H2,1H3,(H,14,15). The lowest BCUT2D eigenvalue weighted by Gasteiger charge is -2.19. The minimum absolute atomic E-state index is 0.0433. The van der Waals surface area contributed by atoms with Gasteiger partial charge in [-0.3, -0.25) is 9.59 Å². The lowest BCUT2D eigenvalue weighted by molar-refractivity contribution is -0.138. The molecule has 1 aromatic heterocycles. The molecule has 1 N–H and O–H groups in total. The summed E-state index contributed by atoms with van der Waals surface area (Å²) in [4.78, 5) is 23.6. The molecule has 0 atom stereocenters. The van der Waals surface area contributed by atoms with Gasteiger partial charge in [0.25, 0.3) is 0 Å². The van der Waals surface area contributed by atoms with Crippen LogP contribution in [-0.4, -0.2) is 40.1 Å². The molecule has 0 aliphatic heterocycles. The fourth-order valence-corrected chi connectivity index (χ4v) is 1.29. The maximum Gasteiger partial charge on any atom is 0.305 e. The number of nitrogens with zero attached hydrogens (tertiary/aromatic N) is 2. The molecule has 0 aliphatic rings. The molecular weight excluding hydrogens is 212 g/mol. The maximum atomic E-state index is 11.7. The average molecular weight is 226 g/mol. The van der Waals surface area contributed by atoms with Crippen molar-refractivity contribution in [3.8, 4) is 0 Å². The van der Waals surface area contributed by atoms with Gasteiger partial charge in [-0.2, -0.15) is 0 Å². The zero-order valence-electron chi connectivity index (χ0n) is 9.05. The highest BCUT2D eigenvalue weighted by molar-refractivity contribution is 5.78. The molecule has 0 aliphatic carbocycles. The highest BCUT2D eigenvalue weighted by Crippen LogP contribution is 2.01. The SMILES string of the molecule is CCN(CCC(=O)O)C(=O)Cc1ccon1. The summed E-state index contributed by atoms with van der Waals surface area (Å²) in [6.07, 6.45) is 1.50. The van der Waals surface area contributed by atoms with Crippen LogP contribution >= 0.6 is 0 Å². The van der Waals surface area contributed by atoms with Crippen LogP contribution in [0.15, 0.2) is 16.9 Å². The molecular formula is C10H14N2O4. The van der Waals surface area contributed by atoms with Gasteiger partial charge in [0.2, 0.25) is 5.91 Å². The molecule has 0 saturated carbocycles. The van der Waals surface area contributed by atoms with Crippen molar-refractivity contribution in [1.29, 1.82) is 0 Å². The molecule has 1 rings (SSSR count). The third kappa shape index (κ3) is 3.72. The summed E-state index contributed by atoms with van der Waals surface area (Å²) in [6, 6.07) is 1.61. The van der Waals surface area contributed by atoms with E-state index in [0.717, 1.165) is 0 Å². The zero-order valence-corrected chi connectivity index (χ0v) is 9.05. The van der Waals surface area contributed by atoms with E-state index in [1.165, 1.54) is 11.2 Å². The Kier molecular flexibility index (Phi) is 4.50. The third-order valence-corrected chi connectivity index (χ3v) is 2.15. The number of carbonyl (C=O) groups is 2. The van der Waals surface area contributed by atoms with Gasteiger partial charge in [0.05, 0.1) is 18.5 Å². The highest BCUT2D eigenvalue weighted by Gasteiger charge is 2.14. The molecule has 0 unspecified atom stereocenters. The van der Waals surface area contributed by atoms with E-state index in [1.54, 1.807) is 6.07 Å². The first-order valence-corrected chi connectivity index (χ1v) is 5.02. The van der Waals surface area contributed by atoms with Gasteiger partial charge in [-0.15, -0.1) is 0 Å². The monoisotopic (exact) mass is 226 g/mol. The van der Waals surface area contributed by atoms with Crippen molar-refractivity contribution < 1.29 is 19.2 Å². The fourth-order valence-electron chi connectivity index (χ4n) is 1.29. The summed E-state index contributed by atoms with van der Waals surface area (Å²) in [5.41, 5.74) is 0.554. The van der Waals surface area contributed by atoms with Crippen LogP contribution in [0.5, 0.6) is 0 Å². The number of carboxylic acids is 1. The molecule has 1 heterocycles. The molecule has 88 valence electrons. The second kappa shape index (κ2) is 5.89. The van der Waals surface area contributed by atoms with Crippen molar-refractivity contribution >= 4 is 11.9 Å². The van der Waals surface area contributed by atoms with Gasteiger partial charge in [0.1, 0.15) is 6.26 Å². The summed E-state index contributed by atoms with van der Waals surface area (Å²) in [5.74, 6) is -1.05. The number of likely N-dealkylation sites (N-methyl/N-ethyl adjacent to an activating group) is 1. The number of hydrogen-bond donors (Lipinski definition) is 1. The topological polar surface area (TPSA) is 83.6 Å². The van der Waals surface area contributed by atoms with E-state index in [0.29, 0.717) is 12.2 Å². The van der Waals surface area contributed by atoms with Gasteiger partial charge < -0.3 is 14.5 Å². The van der Waals surface area contributed by atoms with Crippen LogP contribution < -0.4 is 0 Å².